The number of fused-ring (bicyclic) bond motifs is 1. The first-order valence-electron chi connectivity index (χ1n) is 5.55. The molecule has 0 radical (unpaired) electrons. The van der Waals surface area contributed by atoms with E-state index >= 15 is 0 Å². The van der Waals surface area contributed by atoms with Gasteiger partial charge in [0, 0.05) is 24.9 Å². The van der Waals surface area contributed by atoms with Crippen LogP contribution in [0.5, 0.6) is 0 Å². The van der Waals surface area contributed by atoms with Gasteiger partial charge >= 0.3 is 0 Å². The smallest absolute Gasteiger partial charge is 0.189 e. The van der Waals surface area contributed by atoms with Crippen molar-refractivity contribution in [1.29, 1.82) is 0 Å². The van der Waals surface area contributed by atoms with Crippen molar-refractivity contribution in [2.75, 3.05) is 6.54 Å². The Morgan fingerprint density at radius 2 is 2.12 bits per heavy atom. The van der Waals surface area contributed by atoms with Crippen LogP contribution in [0.1, 0.15) is 25.3 Å². The van der Waals surface area contributed by atoms with Crippen molar-refractivity contribution in [2.45, 2.75) is 32.7 Å². The van der Waals surface area contributed by atoms with Crippen molar-refractivity contribution >= 4 is 21.8 Å². The van der Waals surface area contributed by atoms with Crippen molar-refractivity contribution in [1.82, 2.24) is 20.3 Å². The van der Waals surface area contributed by atoms with Crippen molar-refractivity contribution in [3.8, 4) is 0 Å². The summed E-state index contributed by atoms with van der Waals surface area (Å²) >= 11 is 1.64. The largest absolute Gasteiger partial charge is 0.315 e. The normalized spacial score (nSPS) is 11.4. The van der Waals surface area contributed by atoms with E-state index in [1.54, 1.807) is 23.7 Å². The summed E-state index contributed by atoms with van der Waals surface area (Å²) in [4.78, 5) is 13.8. The Morgan fingerprint density at radius 3 is 2.88 bits per heavy atom. The Kier molecular flexibility index (Phi) is 3.79. The van der Waals surface area contributed by atoms with Gasteiger partial charge in [-0.1, -0.05) is 25.2 Å². The predicted molar refractivity (Wildman–Crippen MR) is 66.7 cm³/mol. The Hall–Kier alpha value is -1.07. The van der Waals surface area contributed by atoms with E-state index in [1.165, 1.54) is 0 Å². The zero-order chi connectivity index (χ0) is 11.4. The maximum Gasteiger partial charge on any atom is 0.189 e. The average Bonchev–Trinajstić information content (AvgIpc) is 2.66. The minimum atomic E-state index is 0.554. The van der Waals surface area contributed by atoms with Crippen LogP contribution in [0.3, 0.4) is 0 Å². The van der Waals surface area contributed by atoms with Crippen LogP contribution in [-0.4, -0.2) is 27.5 Å². The zero-order valence-electron chi connectivity index (χ0n) is 9.60. The Labute approximate surface area is 99.2 Å². The topological polar surface area (TPSA) is 50.7 Å². The second kappa shape index (κ2) is 5.32. The second-order valence-corrected chi connectivity index (χ2v) is 5.07. The van der Waals surface area contributed by atoms with Gasteiger partial charge < -0.3 is 5.32 Å². The van der Waals surface area contributed by atoms with E-state index in [1.807, 2.05) is 0 Å². The van der Waals surface area contributed by atoms with Crippen molar-refractivity contribution < 1.29 is 0 Å². The molecule has 5 heteroatoms. The van der Waals surface area contributed by atoms with E-state index in [2.05, 4.69) is 34.1 Å². The molecule has 0 bridgehead atoms. The molecule has 0 aromatic carbocycles. The number of rotatable bonds is 5. The highest BCUT2D eigenvalue weighted by molar-refractivity contribution is 7.18. The number of thiazole rings is 1. The van der Waals surface area contributed by atoms with Crippen LogP contribution in [0.4, 0.5) is 0 Å². The fraction of sp³-hybridized carbons (Fsp3) is 0.545. The lowest BCUT2D eigenvalue weighted by Crippen LogP contribution is -2.23. The molecule has 0 saturated heterocycles. The van der Waals surface area contributed by atoms with Gasteiger partial charge in [0.1, 0.15) is 0 Å². The van der Waals surface area contributed by atoms with Crippen LogP contribution in [-0.2, 0) is 6.42 Å². The summed E-state index contributed by atoms with van der Waals surface area (Å²) in [6.07, 6.45) is 5.51. The fourth-order valence-corrected chi connectivity index (χ4v) is 2.36. The lowest BCUT2D eigenvalue weighted by atomic mass is 10.3. The first-order chi connectivity index (χ1) is 7.75. The van der Waals surface area contributed by atoms with Crippen LogP contribution in [0.15, 0.2) is 12.4 Å². The van der Waals surface area contributed by atoms with Gasteiger partial charge in [-0.3, -0.25) is 0 Å². The first-order valence-corrected chi connectivity index (χ1v) is 6.37. The van der Waals surface area contributed by atoms with E-state index in [4.69, 9.17) is 0 Å². The molecule has 0 fully saturated rings. The average molecular weight is 236 g/mol. The molecule has 2 heterocycles. The lowest BCUT2D eigenvalue weighted by molar-refractivity contribution is 0.570. The minimum absolute atomic E-state index is 0.554. The standard InChI is InChI=1S/C11H16N4S/c1-8(2)12-5-3-4-9-15-10-11(16-9)14-7-6-13-10/h6-8,12H,3-5H2,1-2H3. The molecule has 2 aromatic heterocycles. The van der Waals surface area contributed by atoms with E-state index < -0.39 is 0 Å². The molecule has 0 unspecified atom stereocenters. The van der Waals surface area contributed by atoms with Crippen LogP contribution in [0.25, 0.3) is 10.5 Å². The summed E-state index contributed by atoms with van der Waals surface area (Å²) in [5.41, 5.74) is 0.777. The number of aromatic nitrogens is 3. The van der Waals surface area contributed by atoms with Crippen molar-refractivity contribution in [2.24, 2.45) is 0 Å². The molecule has 0 aliphatic carbocycles. The van der Waals surface area contributed by atoms with Gasteiger partial charge in [0.2, 0.25) is 0 Å². The minimum Gasteiger partial charge on any atom is -0.315 e. The fourth-order valence-electron chi connectivity index (χ4n) is 1.46. The van der Waals surface area contributed by atoms with Crippen LogP contribution in [0.2, 0.25) is 0 Å². The van der Waals surface area contributed by atoms with Crippen LogP contribution in [0, 0.1) is 0 Å². The number of aryl methyl sites for hydroxylation is 1. The van der Waals surface area contributed by atoms with Gasteiger partial charge in [0.05, 0.1) is 5.01 Å². The third-order valence-electron chi connectivity index (χ3n) is 2.21. The van der Waals surface area contributed by atoms with Crippen LogP contribution < -0.4 is 5.32 Å². The van der Waals surface area contributed by atoms with Gasteiger partial charge in [-0.15, -0.1) is 0 Å². The highest BCUT2D eigenvalue weighted by Crippen LogP contribution is 2.18. The molecule has 0 amide bonds. The summed E-state index contributed by atoms with van der Waals surface area (Å²) in [6, 6.07) is 0.554. The number of nitrogens with zero attached hydrogens (tertiary/aromatic N) is 3. The molecule has 2 aromatic rings. The van der Waals surface area contributed by atoms with Gasteiger partial charge in [-0.25, -0.2) is 15.0 Å². The van der Waals surface area contributed by atoms with Crippen molar-refractivity contribution in [3.63, 3.8) is 0 Å². The molecule has 1 N–H and O–H groups in total. The third kappa shape index (κ3) is 2.96. The number of hydrogen-bond donors (Lipinski definition) is 1. The van der Waals surface area contributed by atoms with E-state index in [0.29, 0.717) is 6.04 Å². The van der Waals surface area contributed by atoms with E-state index in [-0.39, 0.29) is 0 Å². The van der Waals surface area contributed by atoms with Crippen molar-refractivity contribution in [3.05, 3.63) is 17.4 Å². The molecule has 0 spiro atoms. The molecule has 0 atom stereocenters. The molecule has 0 saturated carbocycles. The van der Waals surface area contributed by atoms with Gasteiger partial charge in [-0.05, 0) is 13.0 Å². The highest BCUT2D eigenvalue weighted by Gasteiger charge is 2.04. The third-order valence-corrected chi connectivity index (χ3v) is 3.22. The monoisotopic (exact) mass is 236 g/mol. The van der Waals surface area contributed by atoms with E-state index in [0.717, 1.165) is 34.9 Å². The molecule has 0 aliphatic heterocycles. The summed E-state index contributed by atoms with van der Waals surface area (Å²) in [6.45, 7) is 5.35. The molecular weight excluding hydrogens is 220 g/mol. The highest BCUT2D eigenvalue weighted by atomic mass is 32.1. The summed E-state index contributed by atoms with van der Waals surface area (Å²) in [5, 5.41) is 4.53. The molecule has 0 aliphatic rings. The Bertz CT molecular complexity index is 419. The summed E-state index contributed by atoms with van der Waals surface area (Å²) < 4.78 is 0. The number of hydrogen-bond acceptors (Lipinski definition) is 5. The Morgan fingerprint density at radius 1 is 1.31 bits per heavy atom. The van der Waals surface area contributed by atoms with Gasteiger partial charge in [0.15, 0.2) is 10.5 Å². The second-order valence-electron chi connectivity index (χ2n) is 4.01. The SMILES string of the molecule is CC(C)NCCCc1nc2nccnc2s1. The molecule has 86 valence electrons. The Balaban J connectivity index is 1.89. The quantitative estimate of drug-likeness (QED) is 0.807. The molecule has 16 heavy (non-hydrogen) atoms. The predicted octanol–water partition coefficient (Wildman–Crippen LogP) is 2.02. The maximum absolute atomic E-state index is 4.45. The molecule has 2 rings (SSSR count). The maximum atomic E-state index is 4.45. The van der Waals surface area contributed by atoms with Crippen LogP contribution >= 0.6 is 11.3 Å². The molecular formula is C11H16N4S. The summed E-state index contributed by atoms with van der Waals surface area (Å²) in [7, 11) is 0. The van der Waals surface area contributed by atoms with Gasteiger partial charge in [-0.2, -0.15) is 0 Å². The number of nitrogens with one attached hydrogen (secondary N) is 1. The summed E-state index contributed by atoms with van der Waals surface area (Å²) in [5.74, 6) is 0. The zero-order valence-corrected chi connectivity index (χ0v) is 10.4. The first kappa shape index (κ1) is 11.4. The van der Waals surface area contributed by atoms with Gasteiger partial charge in [0.25, 0.3) is 0 Å². The lowest BCUT2D eigenvalue weighted by Gasteiger charge is -2.05. The molecule has 4 nitrogen and oxygen atoms in total. The van der Waals surface area contributed by atoms with E-state index in [9.17, 15) is 0 Å².